The number of aromatic nitrogens is 3. The van der Waals surface area contributed by atoms with Gasteiger partial charge < -0.3 is 40.6 Å². The predicted molar refractivity (Wildman–Crippen MR) is 175 cm³/mol. The van der Waals surface area contributed by atoms with Crippen LogP contribution in [0.2, 0.25) is 0 Å². The molecule has 0 bridgehead atoms. The molecular weight excluding hydrogens is 602 g/mol. The molecule has 2 aliphatic heterocycles. The molecular formula is C34H41N7O6. The molecule has 0 amide bonds. The Hall–Kier alpha value is -4.29. The van der Waals surface area contributed by atoms with Gasteiger partial charge in [0.15, 0.2) is 11.9 Å². The molecule has 4 aromatic rings. The smallest absolute Gasteiger partial charge is 0.168 e. The predicted octanol–water partition coefficient (Wildman–Crippen LogP) is 2.66. The van der Waals surface area contributed by atoms with Gasteiger partial charge in [-0.3, -0.25) is 9.47 Å². The van der Waals surface area contributed by atoms with Crippen molar-refractivity contribution in [3.05, 3.63) is 66.0 Å². The van der Waals surface area contributed by atoms with E-state index in [0.29, 0.717) is 12.0 Å². The Balaban J connectivity index is 1.28. The number of nitrogens with one attached hydrogen (secondary N) is 1. The second-order valence-electron chi connectivity index (χ2n) is 12.1. The van der Waals surface area contributed by atoms with Gasteiger partial charge in [0.2, 0.25) is 0 Å². The number of hydrogen-bond donors (Lipinski definition) is 5. The highest BCUT2D eigenvalue weighted by atomic mass is 16.6. The highest BCUT2D eigenvalue weighted by molar-refractivity contribution is 5.97. The molecule has 4 atom stereocenters. The maximum absolute atomic E-state index is 11.4. The zero-order valence-electron chi connectivity index (χ0n) is 26.4. The molecule has 2 aromatic carbocycles. The monoisotopic (exact) mass is 643 g/mol. The summed E-state index contributed by atoms with van der Waals surface area (Å²) in [6, 6.07) is 18.2. The summed E-state index contributed by atoms with van der Waals surface area (Å²) in [5.74, 6) is 1.11. The normalized spacial score (nSPS) is 23.2. The van der Waals surface area contributed by atoms with E-state index >= 15 is 0 Å². The van der Waals surface area contributed by atoms with Crippen LogP contribution in [-0.4, -0.2) is 98.6 Å². The number of rotatable bonds is 12. The molecule has 47 heavy (non-hydrogen) atoms. The summed E-state index contributed by atoms with van der Waals surface area (Å²) in [4.78, 5) is 10.9. The fourth-order valence-corrected chi connectivity index (χ4v) is 6.32. The van der Waals surface area contributed by atoms with Crippen LogP contribution < -0.4 is 15.8 Å². The largest absolute Gasteiger partial charge is 0.493 e. The number of unbranched alkanes of at least 4 members (excludes halogenated alkanes) is 1. The summed E-state index contributed by atoms with van der Waals surface area (Å²) < 4.78 is 19.3. The zero-order chi connectivity index (χ0) is 33.0. The molecule has 0 radical (unpaired) electrons. The molecule has 2 saturated heterocycles. The summed E-state index contributed by atoms with van der Waals surface area (Å²) in [5, 5.41) is 45.8. The molecule has 13 heteroatoms. The minimum Gasteiger partial charge on any atom is -0.493 e. The van der Waals surface area contributed by atoms with E-state index in [1.54, 1.807) is 0 Å². The van der Waals surface area contributed by atoms with Crippen molar-refractivity contribution in [3.8, 4) is 22.9 Å². The van der Waals surface area contributed by atoms with Crippen molar-refractivity contribution in [2.45, 2.75) is 50.3 Å². The third kappa shape index (κ3) is 6.62. The van der Waals surface area contributed by atoms with Gasteiger partial charge in [-0.2, -0.15) is 5.26 Å². The molecule has 2 aliphatic rings. The summed E-state index contributed by atoms with van der Waals surface area (Å²) in [5.41, 5.74) is 7.67. The van der Waals surface area contributed by atoms with E-state index < -0.39 is 30.6 Å². The summed E-state index contributed by atoms with van der Waals surface area (Å²) in [7, 11) is 0. The van der Waals surface area contributed by atoms with E-state index in [4.69, 9.17) is 19.9 Å². The van der Waals surface area contributed by atoms with Crippen molar-refractivity contribution >= 4 is 22.7 Å². The van der Waals surface area contributed by atoms with Gasteiger partial charge in [0.05, 0.1) is 31.8 Å². The topological polar surface area (TPSA) is 184 Å². The molecule has 6 rings (SSSR count). The molecule has 2 aromatic heterocycles. The highest BCUT2D eigenvalue weighted by Gasteiger charge is 2.54. The first kappa shape index (κ1) is 32.6. The van der Waals surface area contributed by atoms with Crippen LogP contribution in [0.5, 0.6) is 5.75 Å². The molecule has 6 N–H and O–H groups in total. The summed E-state index contributed by atoms with van der Waals surface area (Å²) in [6.07, 6.45) is -0.461. The first-order chi connectivity index (χ1) is 22.8. The van der Waals surface area contributed by atoms with Crippen molar-refractivity contribution in [2.75, 3.05) is 57.1 Å². The van der Waals surface area contributed by atoms with Crippen LogP contribution in [0.25, 0.3) is 22.2 Å². The zero-order valence-corrected chi connectivity index (χ0v) is 26.4. The van der Waals surface area contributed by atoms with E-state index in [1.165, 1.54) is 17.8 Å². The van der Waals surface area contributed by atoms with Crippen molar-refractivity contribution in [1.82, 2.24) is 19.4 Å². The highest BCUT2D eigenvalue weighted by Crippen LogP contribution is 2.44. The van der Waals surface area contributed by atoms with Crippen molar-refractivity contribution < 1.29 is 29.5 Å². The van der Waals surface area contributed by atoms with E-state index in [0.717, 1.165) is 68.1 Å². The van der Waals surface area contributed by atoms with Crippen LogP contribution in [0.3, 0.4) is 0 Å². The minimum absolute atomic E-state index is 0.0850. The number of morpholine rings is 1. The van der Waals surface area contributed by atoms with Gasteiger partial charge in [-0.05, 0) is 43.5 Å². The molecule has 0 spiro atoms. The van der Waals surface area contributed by atoms with Crippen molar-refractivity contribution in [2.24, 2.45) is 0 Å². The number of hydrogen-bond acceptors (Lipinski definition) is 12. The van der Waals surface area contributed by atoms with E-state index in [9.17, 15) is 20.6 Å². The number of nitrogen functional groups attached to an aromatic ring is 1. The lowest BCUT2D eigenvalue weighted by Crippen LogP contribution is -2.44. The number of nitrogens with zero attached hydrogens (tertiary/aromatic N) is 5. The Morgan fingerprint density at radius 3 is 2.66 bits per heavy atom. The standard InChI is InChI=1S/C34H41N7O6/c1-34(44)29(43)27(20-42)47-33(34)41-31(25(18-35)28-30(36)38-21-39-32(28)41)37-19-22-9-10-24(23-7-3-2-4-8-23)26(17-22)46-14-6-5-11-40-12-15-45-16-13-40/h2-4,7-10,17,21,27,29,33,37,42-44H,5-6,11-16,19-20H2,1H3,(H2,36,38,39). The molecule has 248 valence electrons. The summed E-state index contributed by atoms with van der Waals surface area (Å²) >= 11 is 0. The SMILES string of the molecule is CC1(O)C(O)C(CO)OC1n1c(NCc2ccc(-c3ccccc3)c(OCCCCN3CCOCC3)c2)c(C#N)c2c(N)ncnc21. The number of nitriles is 1. The van der Waals surface area contributed by atoms with E-state index in [-0.39, 0.29) is 29.4 Å². The molecule has 0 aliphatic carbocycles. The van der Waals surface area contributed by atoms with Gasteiger partial charge in [-0.15, -0.1) is 0 Å². The van der Waals surface area contributed by atoms with Gasteiger partial charge in [0.1, 0.15) is 53.2 Å². The lowest BCUT2D eigenvalue weighted by molar-refractivity contribution is -0.0939. The Bertz CT molecular complexity index is 1720. The third-order valence-corrected chi connectivity index (χ3v) is 8.91. The van der Waals surface area contributed by atoms with Gasteiger partial charge in [0.25, 0.3) is 0 Å². The molecule has 2 fully saturated rings. The minimum atomic E-state index is -1.83. The number of aliphatic hydroxyl groups is 3. The first-order valence-corrected chi connectivity index (χ1v) is 15.9. The maximum atomic E-state index is 11.4. The quantitative estimate of drug-likeness (QED) is 0.143. The number of ether oxygens (including phenoxy) is 3. The number of benzene rings is 2. The third-order valence-electron chi connectivity index (χ3n) is 8.91. The Morgan fingerprint density at radius 2 is 1.94 bits per heavy atom. The molecule has 4 unspecified atom stereocenters. The van der Waals surface area contributed by atoms with Crippen molar-refractivity contribution in [3.63, 3.8) is 0 Å². The van der Waals surface area contributed by atoms with E-state index in [2.05, 4.69) is 26.3 Å². The van der Waals surface area contributed by atoms with Gasteiger partial charge in [-0.25, -0.2) is 9.97 Å². The van der Waals surface area contributed by atoms with Crippen LogP contribution in [0.15, 0.2) is 54.9 Å². The van der Waals surface area contributed by atoms with Crippen LogP contribution in [0, 0.1) is 11.3 Å². The second kappa shape index (κ2) is 14.2. The van der Waals surface area contributed by atoms with Gasteiger partial charge in [0, 0.05) is 25.2 Å². The van der Waals surface area contributed by atoms with Crippen molar-refractivity contribution in [1.29, 1.82) is 5.26 Å². The first-order valence-electron chi connectivity index (χ1n) is 15.9. The Kier molecular flexibility index (Phi) is 9.88. The van der Waals surface area contributed by atoms with Crippen LogP contribution in [0.1, 0.15) is 37.1 Å². The van der Waals surface area contributed by atoms with Crippen LogP contribution in [-0.2, 0) is 16.0 Å². The Labute approximate surface area is 273 Å². The van der Waals surface area contributed by atoms with Crippen LogP contribution >= 0.6 is 0 Å². The Morgan fingerprint density at radius 1 is 1.15 bits per heavy atom. The second-order valence-corrected chi connectivity index (χ2v) is 12.1. The summed E-state index contributed by atoms with van der Waals surface area (Å²) in [6.45, 7) is 6.24. The number of aliphatic hydroxyl groups excluding tert-OH is 2. The fourth-order valence-electron chi connectivity index (χ4n) is 6.32. The fraction of sp³-hybridized carbons (Fsp3) is 0.441. The lowest BCUT2D eigenvalue weighted by Gasteiger charge is -2.29. The number of fused-ring (bicyclic) bond motifs is 1. The average Bonchev–Trinajstić information content (AvgIpc) is 3.53. The lowest BCUT2D eigenvalue weighted by atomic mass is 9.96. The van der Waals surface area contributed by atoms with Gasteiger partial charge >= 0.3 is 0 Å². The number of anilines is 2. The van der Waals surface area contributed by atoms with Crippen LogP contribution in [0.4, 0.5) is 11.6 Å². The average molecular weight is 644 g/mol. The van der Waals surface area contributed by atoms with Gasteiger partial charge in [-0.1, -0.05) is 42.5 Å². The molecule has 13 nitrogen and oxygen atoms in total. The number of nitrogens with two attached hydrogens (primary N) is 1. The molecule has 4 heterocycles. The molecule has 0 saturated carbocycles. The maximum Gasteiger partial charge on any atom is 0.168 e. The van der Waals surface area contributed by atoms with E-state index in [1.807, 2.05) is 48.5 Å².